The lowest BCUT2D eigenvalue weighted by molar-refractivity contribution is -0.0494. The Morgan fingerprint density at radius 3 is 2.85 bits per heavy atom. The van der Waals surface area contributed by atoms with Gasteiger partial charge >= 0.3 is 6.61 Å². The van der Waals surface area contributed by atoms with Gasteiger partial charge in [0.1, 0.15) is 11.5 Å². The molecule has 3 N–H and O–H groups in total. The summed E-state index contributed by atoms with van der Waals surface area (Å²) in [5.74, 6) is 1.08. The zero-order valence-corrected chi connectivity index (χ0v) is 11.4. The minimum absolute atomic E-state index is 0.128. The fourth-order valence-electron chi connectivity index (χ4n) is 2.66. The molecule has 1 aromatic carbocycles. The van der Waals surface area contributed by atoms with Crippen LogP contribution in [0.2, 0.25) is 0 Å². The second-order valence-corrected chi connectivity index (χ2v) is 4.92. The predicted octanol–water partition coefficient (Wildman–Crippen LogP) is 2.84. The highest BCUT2D eigenvalue weighted by Crippen LogP contribution is 2.34. The molecule has 0 saturated heterocycles. The minimum Gasteiger partial charge on any atom is -0.497 e. The minimum atomic E-state index is -2.85. The maximum absolute atomic E-state index is 12.4. The number of halogens is 2. The Labute approximate surface area is 117 Å². The normalized spacial score (nSPS) is 22.1. The molecule has 1 aromatic rings. The third-order valence-corrected chi connectivity index (χ3v) is 3.71. The summed E-state index contributed by atoms with van der Waals surface area (Å²) in [6.07, 6.45) is 3.13. The molecule has 6 heteroatoms. The summed E-state index contributed by atoms with van der Waals surface area (Å²) in [5, 5.41) is 3.27. The molecule has 2 rings (SSSR count). The average Bonchev–Trinajstić information content (AvgIpc) is 2.87. The highest BCUT2D eigenvalue weighted by atomic mass is 19.3. The quantitative estimate of drug-likeness (QED) is 0.844. The third kappa shape index (κ3) is 3.50. The Hall–Kier alpha value is -1.56. The van der Waals surface area contributed by atoms with Crippen LogP contribution in [0.4, 0.5) is 14.5 Å². The van der Waals surface area contributed by atoms with E-state index in [0.29, 0.717) is 23.9 Å². The Balaban J connectivity index is 2.18. The molecule has 0 spiro atoms. The van der Waals surface area contributed by atoms with Crippen molar-refractivity contribution in [1.29, 1.82) is 0 Å². The fraction of sp³-hybridized carbons (Fsp3) is 0.571. The van der Waals surface area contributed by atoms with E-state index >= 15 is 0 Å². The van der Waals surface area contributed by atoms with Gasteiger partial charge in [-0.15, -0.1) is 0 Å². The Morgan fingerprint density at radius 1 is 1.40 bits per heavy atom. The second kappa shape index (κ2) is 6.74. The number of hydrogen-bond donors (Lipinski definition) is 2. The summed E-state index contributed by atoms with van der Waals surface area (Å²) in [4.78, 5) is 0. The summed E-state index contributed by atoms with van der Waals surface area (Å²) < 4.78 is 34.5. The zero-order valence-electron chi connectivity index (χ0n) is 11.4. The molecule has 0 aromatic heterocycles. The smallest absolute Gasteiger partial charge is 0.387 e. The second-order valence-electron chi connectivity index (χ2n) is 4.92. The van der Waals surface area contributed by atoms with Gasteiger partial charge in [0.25, 0.3) is 0 Å². The SMILES string of the molecule is COc1ccc(OC(F)F)c(NC2CCCC2CN)c1. The van der Waals surface area contributed by atoms with Crippen molar-refractivity contribution in [1.82, 2.24) is 0 Å². The van der Waals surface area contributed by atoms with E-state index in [9.17, 15) is 8.78 Å². The predicted molar refractivity (Wildman–Crippen MR) is 73.4 cm³/mol. The molecule has 0 heterocycles. The summed E-state index contributed by atoms with van der Waals surface area (Å²) in [5.41, 5.74) is 6.26. The summed E-state index contributed by atoms with van der Waals surface area (Å²) in [7, 11) is 1.53. The molecule has 1 aliphatic carbocycles. The van der Waals surface area contributed by atoms with E-state index in [4.69, 9.17) is 10.5 Å². The number of ether oxygens (including phenoxy) is 2. The summed E-state index contributed by atoms with van der Waals surface area (Å²) >= 11 is 0. The van der Waals surface area contributed by atoms with Crippen molar-refractivity contribution in [3.63, 3.8) is 0 Å². The van der Waals surface area contributed by atoms with Crippen LogP contribution < -0.4 is 20.5 Å². The third-order valence-electron chi connectivity index (χ3n) is 3.71. The molecule has 112 valence electrons. The first kappa shape index (κ1) is 14.8. The molecule has 2 atom stereocenters. The van der Waals surface area contributed by atoms with Gasteiger partial charge in [0, 0.05) is 12.1 Å². The zero-order chi connectivity index (χ0) is 14.5. The highest BCUT2D eigenvalue weighted by molar-refractivity contribution is 5.60. The largest absolute Gasteiger partial charge is 0.497 e. The molecule has 0 radical (unpaired) electrons. The molecule has 1 aliphatic rings. The number of nitrogens with one attached hydrogen (secondary N) is 1. The molecule has 1 fully saturated rings. The number of nitrogens with two attached hydrogens (primary N) is 1. The van der Waals surface area contributed by atoms with Crippen LogP contribution in [0.15, 0.2) is 18.2 Å². The van der Waals surface area contributed by atoms with Gasteiger partial charge in [0.15, 0.2) is 0 Å². The molecule has 4 nitrogen and oxygen atoms in total. The van der Waals surface area contributed by atoms with E-state index in [1.165, 1.54) is 13.2 Å². The van der Waals surface area contributed by atoms with Crippen LogP contribution in [0, 0.1) is 5.92 Å². The first-order valence-electron chi connectivity index (χ1n) is 6.73. The lowest BCUT2D eigenvalue weighted by Gasteiger charge is -2.22. The number of anilines is 1. The van der Waals surface area contributed by atoms with Gasteiger partial charge < -0.3 is 20.5 Å². The van der Waals surface area contributed by atoms with Crippen LogP contribution in [-0.2, 0) is 0 Å². The highest BCUT2D eigenvalue weighted by Gasteiger charge is 2.27. The maximum Gasteiger partial charge on any atom is 0.387 e. The van der Waals surface area contributed by atoms with Crippen molar-refractivity contribution >= 4 is 5.69 Å². The molecular formula is C14H20F2N2O2. The number of methoxy groups -OCH3 is 1. The number of benzene rings is 1. The first-order chi connectivity index (χ1) is 9.63. The van der Waals surface area contributed by atoms with Crippen LogP contribution in [0.3, 0.4) is 0 Å². The van der Waals surface area contributed by atoms with Gasteiger partial charge in [-0.2, -0.15) is 8.78 Å². The molecule has 1 saturated carbocycles. The van der Waals surface area contributed by atoms with Gasteiger partial charge in [-0.3, -0.25) is 0 Å². The van der Waals surface area contributed by atoms with Gasteiger partial charge in [-0.05, 0) is 37.4 Å². The fourth-order valence-corrected chi connectivity index (χ4v) is 2.66. The number of alkyl halides is 2. The summed E-state index contributed by atoms with van der Waals surface area (Å²) in [6.45, 7) is -2.26. The van der Waals surface area contributed by atoms with Crippen molar-refractivity contribution < 1.29 is 18.3 Å². The number of hydrogen-bond acceptors (Lipinski definition) is 4. The van der Waals surface area contributed by atoms with Crippen molar-refractivity contribution in [2.24, 2.45) is 11.7 Å². The Morgan fingerprint density at radius 2 is 2.20 bits per heavy atom. The van der Waals surface area contributed by atoms with Crippen LogP contribution in [0.25, 0.3) is 0 Å². The van der Waals surface area contributed by atoms with E-state index < -0.39 is 6.61 Å². The van der Waals surface area contributed by atoms with Gasteiger partial charge in [-0.1, -0.05) is 6.42 Å². The van der Waals surface area contributed by atoms with E-state index in [-0.39, 0.29) is 11.8 Å². The van der Waals surface area contributed by atoms with Gasteiger partial charge in [0.2, 0.25) is 0 Å². The lowest BCUT2D eigenvalue weighted by Crippen LogP contribution is -2.29. The lowest BCUT2D eigenvalue weighted by atomic mass is 10.0. The standard InChI is InChI=1S/C14H20F2N2O2/c1-19-10-5-6-13(20-14(15)16)12(7-10)18-11-4-2-3-9(11)8-17/h5-7,9,11,14,18H,2-4,8,17H2,1H3. The van der Waals surface area contributed by atoms with E-state index in [1.54, 1.807) is 12.1 Å². The first-order valence-corrected chi connectivity index (χ1v) is 6.73. The molecule has 2 unspecified atom stereocenters. The monoisotopic (exact) mass is 286 g/mol. The van der Waals surface area contributed by atoms with Gasteiger partial charge in [-0.25, -0.2) is 0 Å². The van der Waals surface area contributed by atoms with Crippen LogP contribution in [0.5, 0.6) is 11.5 Å². The van der Waals surface area contributed by atoms with Gasteiger partial charge in [0.05, 0.1) is 12.8 Å². The molecule has 0 aliphatic heterocycles. The average molecular weight is 286 g/mol. The molecule has 20 heavy (non-hydrogen) atoms. The maximum atomic E-state index is 12.4. The van der Waals surface area contributed by atoms with Crippen molar-refractivity contribution in [3.05, 3.63) is 18.2 Å². The van der Waals surface area contributed by atoms with E-state index in [2.05, 4.69) is 10.1 Å². The van der Waals surface area contributed by atoms with E-state index in [1.807, 2.05) is 0 Å². The summed E-state index contributed by atoms with van der Waals surface area (Å²) in [6, 6.07) is 4.94. The van der Waals surface area contributed by atoms with Crippen LogP contribution in [-0.4, -0.2) is 26.3 Å². The van der Waals surface area contributed by atoms with E-state index in [0.717, 1.165) is 19.3 Å². The van der Waals surface area contributed by atoms with Crippen LogP contribution in [0.1, 0.15) is 19.3 Å². The van der Waals surface area contributed by atoms with Crippen molar-refractivity contribution in [2.75, 3.05) is 19.0 Å². The topological polar surface area (TPSA) is 56.5 Å². The molecular weight excluding hydrogens is 266 g/mol. The molecule has 0 amide bonds. The van der Waals surface area contributed by atoms with Crippen LogP contribution >= 0.6 is 0 Å². The molecule has 0 bridgehead atoms. The Kier molecular flexibility index (Phi) is 5.00. The number of rotatable bonds is 6. The van der Waals surface area contributed by atoms with Crippen molar-refractivity contribution in [2.45, 2.75) is 31.9 Å². The van der Waals surface area contributed by atoms with Crippen molar-refractivity contribution in [3.8, 4) is 11.5 Å². The Bertz CT molecular complexity index is 443.